The van der Waals surface area contributed by atoms with Gasteiger partial charge in [-0.25, -0.2) is 0 Å². The van der Waals surface area contributed by atoms with E-state index in [2.05, 4.69) is 5.32 Å². The molecule has 19 heavy (non-hydrogen) atoms. The van der Waals surface area contributed by atoms with Gasteiger partial charge in [-0.3, -0.25) is 10.1 Å². The lowest BCUT2D eigenvalue weighted by molar-refractivity contribution is -0.384. The Kier molecular flexibility index (Phi) is 4.10. The normalized spacial score (nSPS) is 10.2. The zero-order valence-corrected chi connectivity index (χ0v) is 10.5. The van der Waals surface area contributed by atoms with Gasteiger partial charge in [0, 0.05) is 12.6 Å². The maximum Gasteiger partial charge on any atom is 0.273 e. The minimum absolute atomic E-state index is 0.0179. The van der Waals surface area contributed by atoms with E-state index in [4.69, 9.17) is 4.74 Å². The first-order valence-electron chi connectivity index (χ1n) is 5.85. The van der Waals surface area contributed by atoms with Crippen molar-refractivity contribution in [3.8, 4) is 11.5 Å². The van der Waals surface area contributed by atoms with Crippen LogP contribution < -0.4 is 10.1 Å². The Labute approximate surface area is 111 Å². The molecule has 0 unspecified atom stereocenters. The van der Waals surface area contributed by atoms with Crippen LogP contribution in [0.15, 0.2) is 48.5 Å². The fraction of sp³-hybridized carbons (Fsp3) is 0.143. The monoisotopic (exact) mass is 258 g/mol. The van der Waals surface area contributed by atoms with Crippen molar-refractivity contribution >= 4 is 5.69 Å². The van der Waals surface area contributed by atoms with Gasteiger partial charge in [0.15, 0.2) is 0 Å². The lowest BCUT2D eigenvalue weighted by atomic mass is 10.2. The summed E-state index contributed by atoms with van der Waals surface area (Å²) in [5.41, 5.74) is 1.16. The third-order valence-electron chi connectivity index (χ3n) is 2.57. The zero-order valence-electron chi connectivity index (χ0n) is 10.5. The Bertz CT molecular complexity index is 567. The number of nitro benzene ring substituents is 1. The highest BCUT2D eigenvalue weighted by Crippen LogP contribution is 2.25. The number of non-ortho nitro benzene ring substituents is 1. The Hall–Kier alpha value is -2.40. The molecule has 0 aromatic heterocycles. The van der Waals surface area contributed by atoms with Gasteiger partial charge in [-0.05, 0) is 30.8 Å². The van der Waals surface area contributed by atoms with Gasteiger partial charge in [0.1, 0.15) is 11.5 Å². The van der Waals surface area contributed by atoms with Gasteiger partial charge < -0.3 is 10.1 Å². The van der Waals surface area contributed by atoms with E-state index in [-0.39, 0.29) is 5.69 Å². The van der Waals surface area contributed by atoms with Crippen LogP contribution in [0.3, 0.4) is 0 Å². The minimum atomic E-state index is -0.442. The number of benzene rings is 2. The molecule has 0 heterocycles. The van der Waals surface area contributed by atoms with Gasteiger partial charge in [0.05, 0.1) is 11.0 Å². The van der Waals surface area contributed by atoms with E-state index in [1.807, 2.05) is 31.3 Å². The van der Waals surface area contributed by atoms with Crippen molar-refractivity contribution in [2.45, 2.75) is 6.54 Å². The highest BCUT2D eigenvalue weighted by molar-refractivity contribution is 5.40. The van der Waals surface area contributed by atoms with Gasteiger partial charge in [0.25, 0.3) is 5.69 Å². The van der Waals surface area contributed by atoms with Gasteiger partial charge >= 0.3 is 0 Å². The average molecular weight is 258 g/mol. The second kappa shape index (κ2) is 5.97. The second-order valence-corrected chi connectivity index (χ2v) is 4.03. The first-order valence-corrected chi connectivity index (χ1v) is 5.85. The third kappa shape index (κ3) is 3.53. The Morgan fingerprint density at radius 1 is 1.16 bits per heavy atom. The van der Waals surface area contributed by atoms with Crippen molar-refractivity contribution in [1.82, 2.24) is 5.32 Å². The molecule has 0 aliphatic rings. The maximum absolute atomic E-state index is 10.7. The summed E-state index contributed by atoms with van der Waals surface area (Å²) in [5, 5.41) is 13.7. The molecule has 98 valence electrons. The minimum Gasteiger partial charge on any atom is -0.457 e. The summed E-state index contributed by atoms with van der Waals surface area (Å²) in [6, 6.07) is 13.7. The number of rotatable bonds is 5. The van der Waals surface area contributed by atoms with E-state index in [1.165, 1.54) is 12.1 Å². The Morgan fingerprint density at radius 2 is 1.89 bits per heavy atom. The molecule has 0 aliphatic carbocycles. The largest absolute Gasteiger partial charge is 0.457 e. The molecule has 0 saturated heterocycles. The molecule has 0 saturated carbocycles. The quantitative estimate of drug-likeness (QED) is 0.661. The smallest absolute Gasteiger partial charge is 0.273 e. The molecule has 2 aromatic carbocycles. The molecular weight excluding hydrogens is 244 g/mol. The summed E-state index contributed by atoms with van der Waals surface area (Å²) < 4.78 is 5.58. The van der Waals surface area contributed by atoms with Crippen LogP contribution in [0.5, 0.6) is 11.5 Å². The summed E-state index contributed by atoms with van der Waals surface area (Å²) in [7, 11) is 1.88. The first kappa shape index (κ1) is 13.0. The van der Waals surface area contributed by atoms with Crippen LogP contribution in [-0.2, 0) is 6.54 Å². The molecule has 2 rings (SSSR count). The summed E-state index contributed by atoms with van der Waals surface area (Å²) >= 11 is 0. The summed E-state index contributed by atoms with van der Waals surface area (Å²) in [6.07, 6.45) is 0. The van der Waals surface area contributed by atoms with Crippen molar-refractivity contribution in [3.05, 3.63) is 64.2 Å². The van der Waals surface area contributed by atoms with E-state index in [0.29, 0.717) is 11.5 Å². The van der Waals surface area contributed by atoms with Crippen LogP contribution in [0.25, 0.3) is 0 Å². The lowest BCUT2D eigenvalue weighted by Gasteiger charge is -2.06. The summed E-state index contributed by atoms with van der Waals surface area (Å²) in [4.78, 5) is 10.2. The molecule has 0 atom stereocenters. The molecule has 0 fully saturated rings. The van der Waals surface area contributed by atoms with Crippen molar-refractivity contribution in [1.29, 1.82) is 0 Å². The highest BCUT2D eigenvalue weighted by Gasteiger charge is 2.06. The number of hydrogen-bond donors (Lipinski definition) is 1. The molecular formula is C14H14N2O3. The summed E-state index contributed by atoms with van der Waals surface area (Å²) in [6.45, 7) is 0.789. The van der Waals surface area contributed by atoms with Crippen molar-refractivity contribution in [2.24, 2.45) is 0 Å². The van der Waals surface area contributed by atoms with Crippen LogP contribution in [0.4, 0.5) is 5.69 Å². The van der Waals surface area contributed by atoms with E-state index in [9.17, 15) is 10.1 Å². The first-order chi connectivity index (χ1) is 9.19. The molecule has 0 bridgehead atoms. The fourth-order valence-corrected chi connectivity index (χ4v) is 1.68. The van der Waals surface area contributed by atoms with Gasteiger partial charge in [0.2, 0.25) is 0 Å². The standard InChI is InChI=1S/C14H14N2O3/c1-15-10-11-5-7-13(8-6-11)19-14-4-2-3-12(9-14)16(17)18/h2-9,15H,10H2,1H3. The average Bonchev–Trinajstić information content (AvgIpc) is 2.42. The molecule has 5 heteroatoms. The number of nitrogens with one attached hydrogen (secondary N) is 1. The van der Waals surface area contributed by atoms with E-state index < -0.39 is 4.92 Å². The summed E-state index contributed by atoms with van der Waals surface area (Å²) in [5.74, 6) is 1.11. The molecule has 5 nitrogen and oxygen atoms in total. The van der Waals surface area contributed by atoms with E-state index >= 15 is 0 Å². The van der Waals surface area contributed by atoms with Crippen LogP contribution in [0, 0.1) is 10.1 Å². The van der Waals surface area contributed by atoms with Gasteiger partial charge in [-0.1, -0.05) is 18.2 Å². The lowest BCUT2D eigenvalue weighted by Crippen LogP contribution is -2.04. The van der Waals surface area contributed by atoms with E-state index in [1.54, 1.807) is 12.1 Å². The van der Waals surface area contributed by atoms with Crippen LogP contribution in [0.1, 0.15) is 5.56 Å². The highest BCUT2D eigenvalue weighted by atomic mass is 16.6. The van der Waals surface area contributed by atoms with Crippen LogP contribution >= 0.6 is 0 Å². The maximum atomic E-state index is 10.7. The van der Waals surface area contributed by atoms with E-state index in [0.717, 1.165) is 12.1 Å². The third-order valence-corrected chi connectivity index (χ3v) is 2.57. The van der Waals surface area contributed by atoms with Crippen LogP contribution in [0.2, 0.25) is 0 Å². The SMILES string of the molecule is CNCc1ccc(Oc2cccc([N+](=O)[O-])c2)cc1. The number of hydrogen-bond acceptors (Lipinski definition) is 4. The van der Waals surface area contributed by atoms with Crippen molar-refractivity contribution in [2.75, 3.05) is 7.05 Å². The molecule has 0 aliphatic heterocycles. The number of ether oxygens (including phenoxy) is 1. The molecule has 0 amide bonds. The van der Waals surface area contributed by atoms with Crippen LogP contribution in [-0.4, -0.2) is 12.0 Å². The van der Waals surface area contributed by atoms with Crippen molar-refractivity contribution in [3.63, 3.8) is 0 Å². The molecule has 1 N–H and O–H groups in total. The zero-order chi connectivity index (χ0) is 13.7. The predicted octanol–water partition coefficient (Wildman–Crippen LogP) is 3.11. The molecule has 2 aromatic rings. The molecule has 0 spiro atoms. The Morgan fingerprint density at radius 3 is 2.53 bits per heavy atom. The van der Waals surface area contributed by atoms with Gasteiger partial charge in [-0.15, -0.1) is 0 Å². The predicted molar refractivity (Wildman–Crippen MR) is 72.4 cm³/mol. The Balaban J connectivity index is 2.12. The van der Waals surface area contributed by atoms with Gasteiger partial charge in [-0.2, -0.15) is 0 Å². The second-order valence-electron chi connectivity index (χ2n) is 4.03. The molecule has 0 radical (unpaired) electrons. The number of nitrogens with zero attached hydrogens (tertiary/aromatic N) is 1. The van der Waals surface area contributed by atoms with Crippen molar-refractivity contribution < 1.29 is 9.66 Å². The fourth-order valence-electron chi connectivity index (χ4n) is 1.68. The number of nitro groups is 1. The topological polar surface area (TPSA) is 64.4 Å².